The molecule has 1 aromatic heterocycles. The normalized spacial score (nSPS) is 24.7. The van der Waals surface area contributed by atoms with Gasteiger partial charge in [0.1, 0.15) is 12.1 Å². The Morgan fingerprint density at radius 3 is 2.70 bits per heavy atom. The summed E-state index contributed by atoms with van der Waals surface area (Å²) in [6.45, 7) is 8.55. The number of nitrogens with zero attached hydrogens (tertiary/aromatic N) is 4. The topological polar surface area (TPSA) is 91.4 Å². The van der Waals surface area contributed by atoms with E-state index in [1.54, 1.807) is 11.3 Å². The monoisotopic (exact) mass is 406 g/mol. The lowest BCUT2D eigenvalue weighted by Crippen LogP contribution is -2.45. The fourth-order valence-electron chi connectivity index (χ4n) is 4.27. The van der Waals surface area contributed by atoms with Gasteiger partial charge >= 0.3 is 0 Å². The molecule has 1 aliphatic carbocycles. The molecule has 7 nitrogen and oxygen atoms in total. The second-order valence-electron chi connectivity index (χ2n) is 8.35. The Labute approximate surface area is 178 Å². The average Bonchev–Trinajstić information content (AvgIpc) is 2.73. The number of aromatic nitrogens is 2. The summed E-state index contributed by atoms with van der Waals surface area (Å²) in [4.78, 5) is 11.1. The van der Waals surface area contributed by atoms with Crippen LogP contribution < -0.4 is 10.7 Å². The van der Waals surface area contributed by atoms with E-state index in [2.05, 4.69) is 53.9 Å². The molecule has 2 unspecified atom stereocenters. The van der Waals surface area contributed by atoms with E-state index in [0.29, 0.717) is 11.4 Å². The Bertz CT molecular complexity index is 950. The van der Waals surface area contributed by atoms with E-state index in [1.165, 1.54) is 11.1 Å². The third kappa shape index (κ3) is 4.37. The van der Waals surface area contributed by atoms with Crippen LogP contribution in [0.25, 0.3) is 0 Å². The fraction of sp³-hybridized carbons (Fsp3) is 0.435. The van der Waals surface area contributed by atoms with Gasteiger partial charge in [-0.3, -0.25) is 5.41 Å². The van der Waals surface area contributed by atoms with Gasteiger partial charge in [0.15, 0.2) is 0 Å². The Hall–Kier alpha value is -2.77. The Morgan fingerprint density at radius 1 is 1.20 bits per heavy atom. The molecule has 3 N–H and O–H groups in total. The second kappa shape index (κ2) is 8.53. The van der Waals surface area contributed by atoms with Gasteiger partial charge in [-0.1, -0.05) is 17.7 Å². The van der Waals surface area contributed by atoms with Gasteiger partial charge in [0.2, 0.25) is 0 Å². The first kappa shape index (κ1) is 20.5. The van der Waals surface area contributed by atoms with Gasteiger partial charge in [0.05, 0.1) is 30.2 Å². The molecule has 3 heterocycles. The lowest BCUT2D eigenvalue weighted by Gasteiger charge is -2.36. The van der Waals surface area contributed by atoms with Crippen LogP contribution in [0.1, 0.15) is 39.3 Å². The van der Waals surface area contributed by atoms with Gasteiger partial charge in [-0.25, -0.2) is 15.8 Å². The standard InChI is InChI=1S/C23H30N6O/c1-15-6-7-18(19-5-4-8-29(25)13-19)9-20(15)23(24)21-10-22(27-14-26-21)28-11-16(2)30-17(3)12-28/h4-5,9-10,13-14,16-17,24H,6-8,11-12,25H2,1-3H3. The van der Waals surface area contributed by atoms with Crippen molar-refractivity contribution >= 4 is 11.5 Å². The van der Waals surface area contributed by atoms with Gasteiger partial charge in [0.25, 0.3) is 0 Å². The van der Waals surface area contributed by atoms with Crippen molar-refractivity contribution in [3.63, 3.8) is 0 Å². The molecule has 0 radical (unpaired) electrons. The van der Waals surface area contributed by atoms with Gasteiger partial charge < -0.3 is 14.6 Å². The van der Waals surface area contributed by atoms with E-state index >= 15 is 0 Å². The molecule has 30 heavy (non-hydrogen) atoms. The summed E-state index contributed by atoms with van der Waals surface area (Å²) in [5.41, 5.74) is 5.55. The van der Waals surface area contributed by atoms with Crippen molar-refractivity contribution in [1.29, 1.82) is 5.41 Å². The van der Waals surface area contributed by atoms with E-state index in [4.69, 9.17) is 16.0 Å². The molecule has 2 aliphatic heterocycles. The number of rotatable bonds is 4. The zero-order chi connectivity index (χ0) is 21.3. The van der Waals surface area contributed by atoms with Gasteiger partial charge in [-0.2, -0.15) is 0 Å². The van der Waals surface area contributed by atoms with Crippen molar-refractivity contribution in [3.8, 4) is 0 Å². The number of allylic oxidation sites excluding steroid dienone is 6. The molecule has 158 valence electrons. The van der Waals surface area contributed by atoms with Crippen LogP contribution in [0.4, 0.5) is 5.82 Å². The third-order valence-corrected chi connectivity index (χ3v) is 5.76. The molecule has 0 amide bonds. The third-order valence-electron chi connectivity index (χ3n) is 5.76. The fourth-order valence-corrected chi connectivity index (χ4v) is 4.27. The highest BCUT2D eigenvalue weighted by Crippen LogP contribution is 2.31. The summed E-state index contributed by atoms with van der Waals surface area (Å²) in [6, 6.07) is 1.93. The van der Waals surface area contributed by atoms with Gasteiger partial charge in [-0.15, -0.1) is 0 Å². The SMILES string of the molecule is CC1=C(C(=N)c2cc(N3CC(C)OC(C)C3)ncn2)C=C(C2=CN(N)CC=C2)CC1. The molecular formula is C23H30N6O. The van der Waals surface area contributed by atoms with Crippen molar-refractivity contribution in [2.75, 3.05) is 24.5 Å². The van der Waals surface area contributed by atoms with Crippen molar-refractivity contribution in [3.05, 3.63) is 64.8 Å². The molecule has 3 aliphatic rings. The number of morpholine rings is 1. The molecular weight excluding hydrogens is 376 g/mol. The molecule has 7 heteroatoms. The Balaban J connectivity index is 1.60. The minimum atomic E-state index is 0.152. The smallest absolute Gasteiger partial charge is 0.132 e. The predicted octanol–water partition coefficient (Wildman–Crippen LogP) is 3.12. The highest BCUT2D eigenvalue weighted by Gasteiger charge is 2.24. The van der Waals surface area contributed by atoms with Crippen LogP contribution in [0.5, 0.6) is 0 Å². The van der Waals surface area contributed by atoms with Crippen molar-refractivity contribution in [2.45, 2.75) is 45.8 Å². The molecule has 0 bridgehead atoms. The lowest BCUT2D eigenvalue weighted by atomic mass is 9.86. The summed E-state index contributed by atoms with van der Waals surface area (Å²) in [6.07, 6.45) is 12.0. The van der Waals surface area contributed by atoms with Crippen LogP contribution in [0.3, 0.4) is 0 Å². The number of nitrogens with one attached hydrogen (secondary N) is 1. The van der Waals surface area contributed by atoms with E-state index in [-0.39, 0.29) is 12.2 Å². The highest BCUT2D eigenvalue weighted by atomic mass is 16.5. The van der Waals surface area contributed by atoms with E-state index < -0.39 is 0 Å². The largest absolute Gasteiger partial charge is 0.372 e. The second-order valence-corrected chi connectivity index (χ2v) is 8.35. The van der Waals surface area contributed by atoms with Crippen LogP contribution in [0.15, 0.2) is 59.1 Å². The first-order chi connectivity index (χ1) is 14.4. The first-order valence-electron chi connectivity index (χ1n) is 10.5. The van der Waals surface area contributed by atoms with E-state index in [9.17, 15) is 0 Å². The van der Waals surface area contributed by atoms with Crippen molar-refractivity contribution < 1.29 is 4.74 Å². The summed E-state index contributed by atoms with van der Waals surface area (Å²) in [7, 11) is 0. The summed E-state index contributed by atoms with van der Waals surface area (Å²) < 4.78 is 5.84. The number of hydrazine groups is 1. The van der Waals surface area contributed by atoms with Crippen LogP contribution in [-0.4, -0.2) is 52.5 Å². The molecule has 4 rings (SSSR count). The quantitative estimate of drug-likeness (QED) is 0.590. The number of ether oxygens (including phenoxy) is 1. The highest BCUT2D eigenvalue weighted by molar-refractivity contribution is 6.12. The first-order valence-corrected chi connectivity index (χ1v) is 10.5. The number of hydrogen-bond acceptors (Lipinski definition) is 7. The van der Waals surface area contributed by atoms with Crippen LogP contribution in [-0.2, 0) is 4.74 Å². The molecule has 1 saturated heterocycles. The number of hydrogen-bond donors (Lipinski definition) is 2. The minimum absolute atomic E-state index is 0.152. The van der Waals surface area contributed by atoms with Crippen LogP contribution in [0, 0.1) is 5.41 Å². The zero-order valence-electron chi connectivity index (χ0n) is 17.9. The Morgan fingerprint density at radius 2 is 1.97 bits per heavy atom. The van der Waals surface area contributed by atoms with E-state index in [0.717, 1.165) is 49.4 Å². The van der Waals surface area contributed by atoms with Crippen molar-refractivity contribution in [2.24, 2.45) is 5.84 Å². The van der Waals surface area contributed by atoms with E-state index in [1.807, 2.05) is 12.3 Å². The summed E-state index contributed by atoms with van der Waals surface area (Å²) >= 11 is 0. The number of anilines is 1. The minimum Gasteiger partial charge on any atom is -0.372 e. The number of nitrogens with two attached hydrogens (primary N) is 1. The molecule has 1 aromatic rings. The maximum atomic E-state index is 8.88. The summed E-state index contributed by atoms with van der Waals surface area (Å²) in [5, 5.41) is 10.6. The maximum absolute atomic E-state index is 8.88. The molecule has 0 aromatic carbocycles. The Kier molecular flexibility index (Phi) is 5.83. The molecule has 1 fully saturated rings. The lowest BCUT2D eigenvalue weighted by molar-refractivity contribution is -0.00546. The summed E-state index contributed by atoms with van der Waals surface area (Å²) in [5.74, 6) is 6.79. The zero-order valence-corrected chi connectivity index (χ0v) is 17.9. The van der Waals surface area contributed by atoms with Gasteiger partial charge in [-0.05, 0) is 50.8 Å². The molecule has 2 atom stereocenters. The maximum Gasteiger partial charge on any atom is 0.132 e. The van der Waals surface area contributed by atoms with Crippen molar-refractivity contribution in [1.82, 2.24) is 15.0 Å². The average molecular weight is 407 g/mol. The molecule has 0 saturated carbocycles. The van der Waals surface area contributed by atoms with Crippen LogP contribution >= 0.6 is 0 Å². The van der Waals surface area contributed by atoms with Crippen LogP contribution in [0.2, 0.25) is 0 Å². The van der Waals surface area contributed by atoms with Gasteiger partial charge in [0, 0.05) is 30.9 Å². The molecule has 0 spiro atoms. The predicted molar refractivity (Wildman–Crippen MR) is 119 cm³/mol.